The number of nitrogens with zero attached hydrogens (tertiary/aromatic N) is 2. The van der Waals surface area contributed by atoms with E-state index in [1.54, 1.807) is 30.3 Å². The smallest absolute Gasteiger partial charge is 0.152 e. The van der Waals surface area contributed by atoms with E-state index in [-0.39, 0.29) is 11.1 Å². The van der Waals surface area contributed by atoms with Crippen molar-refractivity contribution in [3.05, 3.63) is 65.2 Å². The van der Waals surface area contributed by atoms with Gasteiger partial charge in [-0.2, -0.15) is 10.4 Å². The van der Waals surface area contributed by atoms with Gasteiger partial charge in [0, 0.05) is 0 Å². The second-order valence-electron chi connectivity index (χ2n) is 3.67. The van der Waals surface area contributed by atoms with Crippen molar-refractivity contribution < 1.29 is 8.78 Å². The van der Waals surface area contributed by atoms with Crippen molar-refractivity contribution in [3.63, 3.8) is 0 Å². The summed E-state index contributed by atoms with van der Waals surface area (Å²) in [5.74, 6) is -1.68. The minimum Gasteiger partial charge on any atom is -0.279 e. The zero-order valence-electron chi connectivity index (χ0n) is 9.77. The summed E-state index contributed by atoms with van der Waals surface area (Å²) in [6, 6.07) is 12.7. The van der Waals surface area contributed by atoms with Crippen LogP contribution in [-0.4, -0.2) is 6.21 Å². The van der Waals surface area contributed by atoms with Gasteiger partial charge in [-0.15, -0.1) is 0 Å². The fraction of sp³-hybridized carbons (Fsp3) is 0. The van der Waals surface area contributed by atoms with Gasteiger partial charge in [0.1, 0.15) is 11.9 Å². The Morgan fingerprint density at radius 1 is 1.11 bits per heavy atom. The van der Waals surface area contributed by atoms with Crippen molar-refractivity contribution in [2.75, 3.05) is 5.43 Å². The molecule has 2 rings (SSSR count). The summed E-state index contributed by atoms with van der Waals surface area (Å²) in [6.07, 6.45) is 1.01. The van der Waals surface area contributed by atoms with Crippen LogP contribution < -0.4 is 5.43 Å². The molecule has 0 aliphatic carbocycles. The molecule has 0 fully saturated rings. The van der Waals surface area contributed by atoms with Crippen molar-refractivity contribution in [3.8, 4) is 6.07 Å². The maximum atomic E-state index is 13.7. The van der Waals surface area contributed by atoms with E-state index in [4.69, 9.17) is 5.26 Å². The van der Waals surface area contributed by atoms with Crippen LogP contribution in [0.25, 0.3) is 0 Å². The maximum absolute atomic E-state index is 13.7. The first-order valence-electron chi connectivity index (χ1n) is 5.44. The van der Waals surface area contributed by atoms with E-state index in [2.05, 4.69) is 10.5 Å². The SMILES string of the molecule is N#Cc1ccc(F)c(C=NNc2ccccc2)c1F. The lowest BCUT2D eigenvalue weighted by molar-refractivity contribution is 0.578. The number of halogens is 2. The molecule has 2 aromatic rings. The minimum atomic E-state index is -0.916. The van der Waals surface area contributed by atoms with E-state index < -0.39 is 11.6 Å². The van der Waals surface area contributed by atoms with Crippen molar-refractivity contribution in [1.29, 1.82) is 5.26 Å². The second-order valence-corrected chi connectivity index (χ2v) is 3.67. The Bertz CT molecular complexity index is 646. The van der Waals surface area contributed by atoms with Gasteiger partial charge in [0.25, 0.3) is 0 Å². The van der Waals surface area contributed by atoms with Crippen LogP contribution >= 0.6 is 0 Å². The van der Waals surface area contributed by atoms with Gasteiger partial charge in [0.05, 0.1) is 23.0 Å². The molecular formula is C14H9F2N3. The quantitative estimate of drug-likeness (QED) is 0.677. The first-order valence-corrected chi connectivity index (χ1v) is 5.44. The second kappa shape index (κ2) is 5.74. The number of para-hydroxylation sites is 1. The van der Waals surface area contributed by atoms with Gasteiger partial charge >= 0.3 is 0 Å². The summed E-state index contributed by atoms with van der Waals surface area (Å²) in [6.45, 7) is 0. The molecule has 0 aliphatic rings. The zero-order chi connectivity index (χ0) is 13.7. The van der Waals surface area contributed by atoms with Crippen LogP contribution in [0.3, 0.4) is 0 Å². The molecule has 1 N–H and O–H groups in total. The Morgan fingerprint density at radius 2 is 1.84 bits per heavy atom. The number of anilines is 1. The summed E-state index contributed by atoms with van der Waals surface area (Å²) in [5, 5.41) is 12.4. The molecule has 0 heterocycles. The Kier molecular flexibility index (Phi) is 3.84. The number of benzene rings is 2. The van der Waals surface area contributed by atoms with Crippen LogP contribution in [-0.2, 0) is 0 Å². The van der Waals surface area contributed by atoms with Gasteiger partial charge in [0.15, 0.2) is 5.82 Å². The Hall–Kier alpha value is -2.74. The van der Waals surface area contributed by atoms with E-state index in [1.165, 1.54) is 0 Å². The molecule has 0 amide bonds. The van der Waals surface area contributed by atoms with Gasteiger partial charge in [-0.3, -0.25) is 5.43 Å². The number of nitrogens with one attached hydrogen (secondary N) is 1. The topological polar surface area (TPSA) is 48.2 Å². The minimum absolute atomic E-state index is 0.220. The third kappa shape index (κ3) is 2.93. The molecule has 3 nitrogen and oxygen atoms in total. The molecule has 0 radical (unpaired) electrons. The van der Waals surface area contributed by atoms with Crippen LogP contribution in [0, 0.1) is 23.0 Å². The van der Waals surface area contributed by atoms with Crippen LogP contribution in [0.2, 0.25) is 0 Å². The van der Waals surface area contributed by atoms with E-state index >= 15 is 0 Å². The zero-order valence-corrected chi connectivity index (χ0v) is 9.77. The van der Waals surface area contributed by atoms with Gasteiger partial charge in [0.2, 0.25) is 0 Å². The Morgan fingerprint density at radius 3 is 2.53 bits per heavy atom. The summed E-state index contributed by atoms with van der Waals surface area (Å²) < 4.78 is 27.1. The number of hydrogen-bond donors (Lipinski definition) is 1. The molecule has 0 saturated carbocycles. The predicted octanol–water partition coefficient (Wildman–Crippen LogP) is 3.28. The Labute approximate surface area is 108 Å². The number of hydrazone groups is 1. The van der Waals surface area contributed by atoms with Crippen molar-refractivity contribution in [1.82, 2.24) is 0 Å². The average molecular weight is 257 g/mol. The number of nitriles is 1. The molecule has 19 heavy (non-hydrogen) atoms. The molecule has 0 spiro atoms. The molecule has 0 bridgehead atoms. The van der Waals surface area contributed by atoms with Crippen molar-refractivity contribution in [2.45, 2.75) is 0 Å². The fourth-order valence-corrected chi connectivity index (χ4v) is 1.46. The van der Waals surface area contributed by atoms with Crippen molar-refractivity contribution in [2.24, 2.45) is 5.10 Å². The lowest BCUT2D eigenvalue weighted by Gasteiger charge is -2.01. The molecular weight excluding hydrogens is 248 g/mol. The fourth-order valence-electron chi connectivity index (χ4n) is 1.46. The van der Waals surface area contributed by atoms with Gasteiger partial charge in [-0.25, -0.2) is 8.78 Å². The molecule has 2 aromatic carbocycles. The average Bonchev–Trinajstić information content (AvgIpc) is 2.44. The largest absolute Gasteiger partial charge is 0.279 e. The molecule has 5 heteroatoms. The first-order chi connectivity index (χ1) is 9.22. The molecule has 94 valence electrons. The predicted molar refractivity (Wildman–Crippen MR) is 68.7 cm³/mol. The lowest BCUT2D eigenvalue weighted by Crippen LogP contribution is -1.99. The van der Waals surface area contributed by atoms with Crippen LogP contribution in [0.5, 0.6) is 0 Å². The van der Waals surface area contributed by atoms with Gasteiger partial charge in [-0.05, 0) is 24.3 Å². The Balaban J connectivity index is 2.22. The number of hydrogen-bond acceptors (Lipinski definition) is 3. The first kappa shape index (κ1) is 12.7. The third-order valence-corrected chi connectivity index (χ3v) is 2.41. The van der Waals surface area contributed by atoms with Crippen LogP contribution in [0.15, 0.2) is 47.6 Å². The highest BCUT2D eigenvalue weighted by Crippen LogP contribution is 2.14. The third-order valence-electron chi connectivity index (χ3n) is 2.41. The van der Waals surface area contributed by atoms with Crippen molar-refractivity contribution >= 4 is 11.9 Å². The highest BCUT2D eigenvalue weighted by molar-refractivity contribution is 5.81. The van der Waals surface area contributed by atoms with E-state index in [0.717, 1.165) is 18.3 Å². The van der Waals surface area contributed by atoms with Gasteiger partial charge in [-0.1, -0.05) is 18.2 Å². The van der Waals surface area contributed by atoms with Crippen LogP contribution in [0.1, 0.15) is 11.1 Å². The van der Waals surface area contributed by atoms with E-state index in [1.807, 2.05) is 6.07 Å². The summed E-state index contributed by atoms with van der Waals surface area (Å²) in [7, 11) is 0. The van der Waals surface area contributed by atoms with Gasteiger partial charge < -0.3 is 0 Å². The van der Waals surface area contributed by atoms with E-state index in [0.29, 0.717) is 5.69 Å². The highest BCUT2D eigenvalue weighted by atomic mass is 19.1. The molecule has 0 atom stereocenters. The monoisotopic (exact) mass is 257 g/mol. The lowest BCUT2D eigenvalue weighted by atomic mass is 10.1. The molecule has 0 unspecified atom stereocenters. The number of rotatable bonds is 3. The summed E-state index contributed by atoms with van der Waals surface area (Å²) in [5.41, 5.74) is 2.76. The summed E-state index contributed by atoms with van der Waals surface area (Å²) in [4.78, 5) is 0. The normalized spacial score (nSPS) is 10.4. The summed E-state index contributed by atoms with van der Waals surface area (Å²) >= 11 is 0. The maximum Gasteiger partial charge on any atom is 0.152 e. The molecule has 0 saturated heterocycles. The highest BCUT2D eigenvalue weighted by Gasteiger charge is 2.11. The molecule has 0 aliphatic heterocycles. The molecule has 0 aromatic heterocycles. The standard InChI is InChI=1S/C14H9F2N3/c15-13-7-6-10(8-17)14(16)12(13)9-18-19-11-4-2-1-3-5-11/h1-7,9,19H. The van der Waals surface area contributed by atoms with Crippen LogP contribution in [0.4, 0.5) is 14.5 Å². The van der Waals surface area contributed by atoms with E-state index in [9.17, 15) is 8.78 Å².